The Balaban J connectivity index is 1.71. The van der Waals surface area contributed by atoms with E-state index in [9.17, 15) is 13.2 Å². The molecule has 2 fully saturated rings. The van der Waals surface area contributed by atoms with E-state index in [-0.39, 0.29) is 36.5 Å². The molecule has 1 saturated heterocycles. The van der Waals surface area contributed by atoms with E-state index in [1.165, 1.54) is 0 Å². The highest BCUT2D eigenvalue weighted by Crippen LogP contribution is 2.40. The Morgan fingerprint density at radius 1 is 1.33 bits per heavy atom. The van der Waals surface area contributed by atoms with E-state index in [2.05, 4.69) is 5.10 Å². The van der Waals surface area contributed by atoms with Crippen molar-refractivity contribution in [2.45, 2.75) is 44.4 Å². The fourth-order valence-corrected chi connectivity index (χ4v) is 3.79. The Bertz CT molecular complexity index is 758. The summed E-state index contributed by atoms with van der Waals surface area (Å²) in [4.78, 5) is 12.2. The maximum absolute atomic E-state index is 12.2. The number of rotatable bonds is 7. The van der Waals surface area contributed by atoms with Gasteiger partial charge in [-0.25, -0.2) is 13.2 Å². The molecule has 1 aromatic rings. The molecule has 10 heteroatoms. The van der Waals surface area contributed by atoms with Gasteiger partial charge in [-0.2, -0.15) is 0 Å². The zero-order valence-electron chi connectivity index (χ0n) is 15.7. The molecule has 1 aliphatic carbocycles. The van der Waals surface area contributed by atoms with Gasteiger partial charge < -0.3 is 18.9 Å². The molecule has 0 radical (unpaired) electrons. The Labute approximate surface area is 158 Å². The average Bonchev–Trinajstić information content (AvgIpc) is 3.23. The van der Waals surface area contributed by atoms with Gasteiger partial charge in [0, 0.05) is 25.3 Å². The van der Waals surface area contributed by atoms with Crippen molar-refractivity contribution in [1.82, 2.24) is 9.78 Å². The molecular weight excluding hydrogens is 376 g/mol. The second-order valence-corrected chi connectivity index (χ2v) is 9.13. The summed E-state index contributed by atoms with van der Waals surface area (Å²) in [6.45, 7) is 3.12. The van der Waals surface area contributed by atoms with Crippen LogP contribution in [0.4, 0.5) is 0 Å². The van der Waals surface area contributed by atoms with E-state index in [1.54, 1.807) is 17.8 Å². The maximum Gasteiger partial charge on any atom is 0.345 e. The van der Waals surface area contributed by atoms with E-state index < -0.39 is 21.6 Å². The Morgan fingerprint density at radius 3 is 2.59 bits per heavy atom. The summed E-state index contributed by atoms with van der Waals surface area (Å²) in [5.74, 6) is -1.05. The molecule has 0 atom stereocenters. The van der Waals surface area contributed by atoms with E-state index in [0.29, 0.717) is 13.2 Å². The molecule has 1 aliphatic heterocycles. The first-order valence-electron chi connectivity index (χ1n) is 9.16. The van der Waals surface area contributed by atoms with Crippen molar-refractivity contribution in [2.75, 3.05) is 38.4 Å². The molecular formula is C17H26N2O7S. The van der Waals surface area contributed by atoms with E-state index in [1.807, 2.05) is 0 Å². The third kappa shape index (κ3) is 4.99. The minimum Gasteiger partial charge on any atom is -0.475 e. The van der Waals surface area contributed by atoms with Crippen molar-refractivity contribution in [1.29, 1.82) is 0 Å². The van der Waals surface area contributed by atoms with Gasteiger partial charge in [0.15, 0.2) is 15.6 Å². The number of carbonyl (C=O) groups is 1. The molecule has 0 amide bonds. The fraction of sp³-hybridized carbons (Fsp3) is 0.765. The molecule has 0 unspecified atom stereocenters. The van der Waals surface area contributed by atoms with Crippen LogP contribution in [0.15, 0.2) is 6.20 Å². The second-order valence-electron chi connectivity index (χ2n) is 6.87. The summed E-state index contributed by atoms with van der Waals surface area (Å²) in [5.41, 5.74) is 0.207. The van der Waals surface area contributed by atoms with Crippen molar-refractivity contribution < 1.29 is 32.2 Å². The van der Waals surface area contributed by atoms with Crippen LogP contribution in [0, 0.1) is 0 Å². The Morgan fingerprint density at radius 2 is 2.00 bits per heavy atom. The number of carbonyl (C=O) groups excluding carboxylic acids is 1. The first-order valence-corrected chi connectivity index (χ1v) is 11.2. The number of hydrogen-bond donors (Lipinski definition) is 0. The van der Waals surface area contributed by atoms with E-state index in [4.69, 9.17) is 18.9 Å². The number of hydrogen-bond acceptors (Lipinski definition) is 8. The zero-order valence-corrected chi connectivity index (χ0v) is 16.5. The highest BCUT2D eigenvalue weighted by atomic mass is 32.2. The van der Waals surface area contributed by atoms with Gasteiger partial charge in [-0.15, -0.1) is 5.10 Å². The monoisotopic (exact) mass is 402 g/mol. The lowest BCUT2D eigenvalue weighted by molar-refractivity contribution is -0.181. The zero-order chi connectivity index (χ0) is 19.5. The number of aromatic nitrogens is 2. The van der Waals surface area contributed by atoms with Crippen LogP contribution in [0.5, 0.6) is 5.88 Å². The predicted molar refractivity (Wildman–Crippen MR) is 95.5 cm³/mol. The molecule has 0 aromatic carbocycles. The highest BCUT2D eigenvalue weighted by molar-refractivity contribution is 7.90. The summed E-state index contributed by atoms with van der Waals surface area (Å²) in [6.07, 6.45) is 5.87. The van der Waals surface area contributed by atoms with Gasteiger partial charge in [0.2, 0.25) is 5.88 Å². The molecule has 3 rings (SSSR count). The Kier molecular flexibility index (Phi) is 6.07. The van der Waals surface area contributed by atoms with Gasteiger partial charge in [-0.3, -0.25) is 4.68 Å². The lowest BCUT2D eigenvalue weighted by Crippen LogP contribution is -2.35. The normalized spacial score (nSPS) is 20.1. The number of nitrogens with zero attached hydrogens (tertiary/aromatic N) is 2. The molecule has 0 bridgehead atoms. The number of esters is 1. The van der Waals surface area contributed by atoms with Crippen molar-refractivity contribution in [3.63, 3.8) is 0 Å². The summed E-state index contributed by atoms with van der Waals surface area (Å²) < 4.78 is 46.3. The van der Waals surface area contributed by atoms with Crippen molar-refractivity contribution in [3.8, 4) is 5.88 Å². The summed E-state index contributed by atoms with van der Waals surface area (Å²) in [6, 6.07) is 0.0869. The van der Waals surface area contributed by atoms with Crippen LogP contribution in [-0.4, -0.2) is 68.4 Å². The van der Waals surface area contributed by atoms with E-state index in [0.717, 1.165) is 31.9 Å². The van der Waals surface area contributed by atoms with Gasteiger partial charge in [0.25, 0.3) is 0 Å². The average molecular weight is 402 g/mol. The van der Waals surface area contributed by atoms with Crippen molar-refractivity contribution in [2.24, 2.45) is 0 Å². The van der Waals surface area contributed by atoms with Gasteiger partial charge in [-0.05, 0) is 19.8 Å². The molecule has 2 heterocycles. The summed E-state index contributed by atoms with van der Waals surface area (Å²) >= 11 is 0. The van der Waals surface area contributed by atoms with Crippen LogP contribution in [0.3, 0.4) is 0 Å². The topological polar surface area (TPSA) is 106 Å². The minimum atomic E-state index is -3.17. The third-order valence-electron chi connectivity index (χ3n) is 4.79. The van der Waals surface area contributed by atoms with Crippen molar-refractivity contribution in [3.05, 3.63) is 11.8 Å². The van der Waals surface area contributed by atoms with Crippen molar-refractivity contribution >= 4 is 15.8 Å². The minimum absolute atomic E-state index is 0.0717. The van der Waals surface area contributed by atoms with Crippen LogP contribution in [0.2, 0.25) is 0 Å². The lowest BCUT2D eigenvalue weighted by Gasteiger charge is -2.35. The van der Waals surface area contributed by atoms with Crippen LogP contribution >= 0.6 is 0 Å². The smallest absolute Gasteiger partial charge is 0.345 e. The van der Waals surface area contributed by atoms with Gasteiger partial charge in [0.1, 0.15) is 12.2 Å². The molecule has 1 aromatic heterocycles. The van der Waals surface area contributed by atoms with E-state index >= 15 is 0 Å². The Hall–Kier alpha value is -1.65. The summed E-state index contributed by atoms with van der Waals surface area (Å²) in [5, 5.41) is 4.39. The third-order valence-corrected chi connectivity index (χ3v) is 5.70. The molecule has 9 nitrogen and oxygen atoms in total. The van der Waals surface area contributed by atoms with Crippen LogP contribution in [-0.2, 0) is 24.0 Å². The van der Waals surface area contributed by atoms with Crippen LogP contribution in [0.25, 0.3) is 0 Å². The number of ether oxygens (including phenoxy) is 4. The molecule has 1 spiro atoms. The van der Waals surface area contributed by atoms with Crippen LogP contribution in [0.1, 0.15) is 49.0 Å². The van der Waals surface area contributed by atoms with Gasteiger partial charge >= 0.3 is 5.97 Å². The second kappa shape index (κ2) is 8.15. The van der Waals surface area contributed by atoms with Crippen LogP contribution < -0.4 is 4.74 Å². The van der Waals surface area contributed by atoms with Gasteiger partial charge in [-0.1, -0.05) is 0 Å². The lowest BCUT2D eigenvalue weighted by atomic mass is 9.90. The molecule has 0 N–H and O–H groups in total. The number of sulfone groups is 1. The molecule has 2 aliphatic rings. The fourth-order valence-electron chi connectivity index (χ4n) is 3.40. The molecule has 152 valence electrons. The largest absolute Gasteiger partial charge is 0.475 e. The molecule has 27 heavy (non-hydrogen) atoms. The SMILES string of the molecule is CCOC(=O)c1cn(C2CCC3(CC2)OCCO3)nc1OCCS(C)(=O)=O. The first-order chi connectivity index (χ1) is 12.8. The highest BCUT2D eigenvalue weighted by Gasteiger charge is 2.41. The maximum atomic E-state index is 12.2. The van der Waals surface area contributed by atoms with Gasteiger partial charge in [0.05, 0.1) is 31.6 Å². The summed E-state index contributed by atoms with van der Waals surface area (Å²) in [7, 11) is -3.17. The molecule has 1 saturated carbocycles. The quantitative estimate of drug-likeness (QED) is 0.629. The first kappa shape index (κ1) is 20.1. The predicted octanol–water partition coefficient (Wildman–Crippen LogP) is 1.34. The standard InChI is InChI=1S/C17H26N2O7S/c1-3-23-16(20)14-12-19(18-15(14)24-10-11-27(2,21)22)13-4-6-17(7-5-13)25-8-9-26-17/h12-13H,3-11H2,1-2H3.